The van der Waals surface area contributed by atoms with Gasteiger partial charge in [-0.25, -0.2) is 0 Å². The first-order valence-corrected chi connectivity index (χ1v) is 9.18. The van der Waals surface area contributed by atoms with Gasteiger partial charge in [-0.05, 0) is 43.2 Å². The Hall–Kier alpha value is -2.20. The maximum Gasteiger partial charge on any atom is 0.430 e. The summed E-state index contributed by atoms with van der Waals surface area (Å²) in [7, 11) is 0.943. The molecule has 0 saturated heterocycles. The lowest BCUT2D eigenvalue weighted by Gasteiger charge is -2.37. The zero-order chi connectivity index (χ0) is 22.6. The second kappa shape index (κ2) is 9.30. The lowest BCUT2D eigenvalue weighted by molar-refractivity contribution is -0.400. The van der Waals surface area contributed by atoms with E-state index < -0.39 is 30.3 Å². The monoisotopic (exact) mass is 439 g/mol. The van der Waals surface area contributed by atoms with Crippen LogP contribution in [0.25, 0.3) is 0 Å². The predicted octanol–water partition coefficient (Wildman–Crippen LogP) is 5.35. The Morgan fingerprint density at radius 2 is 1.73 bits per heavy atom. The molecule has 0 spiro atoms. The fourth-order valence-electron chi connectivity index (χ4n) is 3.07. The van der Waals surface area contributed by atoms with E-state index in [4.69, 9.17) is 4.74 Å². The van der Waals surface area contributed by atoms with Gasteiger partial charge in [0.05, 0.1) is 0 Å². The normalized spacial score (nSPS) is 17.5. The number of rotatable bonds is 8. The van der Waals surface area contributed by atoms with Crippen LogP contribution in [0.4, 0.5) is 26.3 Å². The molecule has 10 heteroatoms. The Bertz CT molecular complexity index is 772. The summed E-state index contributed by atoms with van der Waals surface area (Å²) in [4.78, 5) is 0. The topological polar surface area (TPSA) is 39.7 Å². The summed E-state index contributed by atoms with van der Waals surface area (Å²) in [5.74, 6) is 0.607. The molecule has 2 rings (SSSR count). The molecule has 1 atom stereocenters. The molecule has 0 fully saturated rings. The molecule has 30 heavy (non-hydrogen) atoms. The minimum atomic E-state index is -5.77. The van der Waals surface area contributed by atoms with E-state index in [-0.39, 0.29) is 23.8 Å². The van der Waals surface area contributed by atoms with Crippen LogP contribution < -0.4 is 10.1 Å². The molecule has 0 radical (unpaired) electrons. The number of alkyl halides is 6. The largest absolute Gasteiger partial charge is 0.457 e. The fourth-order valence-corrected chi connectivity index (χ4v) is 3.07. The summed E-state index contributed by atoms with van der Waals surface area (Å²) in [6, 6.07) is 2.62. The molecule has 1 aliphatic heterocycles. The van der Waals surface area contributed by atoms with Crippen LogP contribution in [0.5, 0.6) is 5.75 Å². The van der Waals surface area contributed by atoms with Crippen molar-refractivity contribution in [3.8, 4) is 5.75 Å². The molecule has 1 unspecified atom stereocenters. The van der Waals surface area contributed by atoms with Crippen molar-refractivity contribution in [1.82, 2.24) is 5.32 Å². The molecular weight excluding hydrogens is 416 g/mol. The molecule has 1 N–H and O–H groups in total. The van der Waals surface area contributed by atoms with Crippen molar-refractivity contribution in [2.75, 3.05) is 13.9 Å². The van der Waals surface area contributed by atoms with E-state index in [0.717, 1.165) is 25.3 Å². The van der Waals surface area contributed by atoms with Crippen molar-refractivity contribution in [1.29, 1.82) is 0 Å². The predicted molar refractivity (Wildman–Crippen MR) is 97.6 cm³/mol. The highest BCUT2D eigenvalue weighted by Gasteiger charge is 2.73. The SMILES string of the molecule is CCCc1cc(C(OCOC)(C(F)(F)F)C(F)(F)F)ccc1OC1=CC(C)NC=C1. The number of halogens is 6. The molecule has 1 aliphatic rings. The average Bonchev–Trinajstić information content (AvgIpc) is 2.62. The number of benzene rings is 1. The van der Waals surface area contributed by atoms with E-state index in [1.54, 1.807) is 25.3 Å². The number of hydrogen-bond acceptors (Lipinski definition) is 4. The van der Waals surface area contributed by atoms with Crippen molar-refractivity contribution in [3.63, 3.8) is 0 Å². The minimum Gasteiger partial charge on any atom is -0.457 e. The lowest BCUT2D eigenvalue weighted by atomic mass is 9.89. The number of methoxy groups -OCH3 is 1. The quantitative estimate of drug-likeness (QED) is 0.438. The molecule has 1 aromatic rings. The minimum absolute atomic E-state index is 0.0375. The molecule has 1 heterocycles. The zero-order valence-electron chi connectivity index (χ0n) is 16.7. The maximum atomic E-state index is 13.8. The van der Waals surface area contributed by atoms with Gasteiger partial charge in [0.25, 0.3) is 5.60 Å². The van der Waals surface area contributed by atoms with Crippen LogP contribution in [0.15, 0.2) is 42.3 Å². The molecular formula is C20H23F6NO3. The first-order chi connectivity index (χ1) is 14.0. The van der Waals surface area contributed by atoms with Gasteiger partial charge >= 0.3 is 12.4 Å². The molecule has 0 bridgehead atoms. The van der Waals surface area contributed by atoms with Gasteiger partial charge in [0, 0.05) is 24.9 Å². The lowest BCUT2D eigenvalue weighted by Crippen LogP contribution is -2.56. The smallest absolute Gasteiger partial charge is 0.430 e. The van der Waals surface area contributed by atoms with E-state index in [9.17, 15) is 26.3 Å². The highest BCUT2D eigenvalue weighted by molar-refractivity contribution is 5.43. The highest BCUT2D eigenvalue weighted by Crippen LogP contribution is 2.53. The van der Waals surface area contributed by atoms with Crippen LogP contribution in [0.1, 0.15) is 31.4 Å². The van der Waals surface area contributed by atoms with Gasteiger partial charge in [-0.3, -0.25) is 0 Å². The summed E-state index contributed by atoms with van der Waals surface area (Å²) in [6.07, 6.45) is -5.86. The van der Waals surface area contributed by atoms with Crippen molar-refractivity contribution in [2.24, 2.45) is 0 Å². The number of allylic oxidation sites excluding steroid dienone is 1. The molecule has 168 valence electrons. The highest BCUT2D eigenvalue weighted by atomic mass is 19.4. The van der Waals surface area contributed by atoms with Gasteiger partial charge in [0.2, 0.25) is 0 Å². The van der Waals surface area contributed by atoms with Gasteiger partial charge in [-0.15, -0.1) is 0 Å². The Morgan fingerprint density at radius 3 is 2.27 bits per heavy atom. The van der Waals surface area contributed by atoms with Gasteiger partial charge in [0.15, 0.2) is 0 Å². The van der Waals surface area contributed by atoms with E-state index >= 15 is 0 Å². The molecule has 0 aromatic heterocycles. The number of nitrogens with one attached hydrogen (secondary N) is 1. The number of aryl methyl sites for hydroxylation is 1. The number of ether oxygens (including phenoxy) is 3. The number of dihydropyridines is 1. The van der Waals surface area contributed by atoms with E-state index in [2.05, 4.69) is 14.8 Å². The van der Waals surface area contributed by atoms with Crippen LogP contribution >= 0.6 is 0 Å². The Morgan fingerprint density at radius 1 is 1.07 bits per heavy atom. The van der Waals surface area contributed by atoms with Crippen LogP contribution in [-0.4, -0.2) is 32.3 Å². The Balaban J connectivity index is 2.57. The second-order valence-corrected chi connectivity index (χ2v) is 6.76. The molecule has 0 saturated carbocycles. The Kier molecular flexibility index (Phi) is 7.46. The standard InChI is InChI=1S/C20H23F6NO3/c1-4-5-14-11-15(6-7-17(14)30-16-8-9-27-13(2)10-16)18(19(21,22)23,20(24,25)26)29-12-28-3/h6-11,13,27H,4-5,12H2,1-3H3. The summed E-state index contributed by atoms with van der Waals surface area (Å²) in [5.41, 5.74) is -5.41. The third-order valence-electron chi connectivity index (χ3n) is 4.43. The van der Waals surface area contributed by atoms with E-state index in [1.165, 1.54) is 0 Å². The van der Waals surface area contributed by atoms with Crippen LogP contribution in [0.3, 0.4) is 0 Å². The Labute approximate surface area is 170 Å². The van der Waals surface area contributed by atoms with Gasteiger partial charge in [0.1, 0.15) is 18.3 Å². The van der Waals surface area contributed by atoms with Gasteiger partial charge in [-0.1, -0.05) is 19.4 Å². The third kappa shape index (κ3) is 4.92. The summed E-state index contributed by atoms with van der Waals surface area (Å²) in [6.45, 7) is 2.42. The van der Waals surface area contributed by atoms with Crippen molar-refractivity contribution < 1.29 is 40.6 Å². The average molecular weight is 439 g/mol. The molecule has 4 nitrogen and oxygen atoms in total. The summed E-state index contributed by atoms with van der Waals surface area (Å²) < 4.78 is 96.9. The third-order valence-corrected chi connectivity index (χ3v) is 4.43. The van der Waals surface area contributed by atoms with E-state index in [0.29, 0.717) is 12.2 Å². The van der Waals surface area contributed by atoms with Crippen LogP contribution in [-0.2, 0) is 21.5 Å². The van der Waals surface area contributed by atoms with Crippen molar-refractivity contribution in [2.45, 2.75) is 50.7 Å². The van der Waals surface area contributed by atoms with Crippen LogP contribution in [0.2, 0.25) is 0 Å². The van der Waals surface area contributed by atoms with Crippen LogP contribution in [0, 0.1) is 0 Å². The van der Waals surface area contributed by atoms with E-state index in [1.807, 2.05) is 6.92 Å². The molecule has 1 aromatic carbocycles. The maximum absolute atomic E-state index is 13.8. The number of hydrogen-bond donors (Lipinski definition) is 1. The van der Waals surface area contributed by atoms with Crippen molar-refractivity contribution >= 4 is 0 Å². The zero-order valence-corrected chi connectivity index (χ0v) is 16.7. The first-order valence-electron chi connectivity index (χ1n) is 9.18. The summed E-state index contributed by atoms with van der Waals surface area (Å²) >= 11 is 0. The second-order valence-electron chi connectivity index (χ2n) is 6.76. The first kappa shape index (κ1) is 24.1. The van der Waals surface area contributed by atoms with Crippen molar-refractivity contribution in [3.05, 3.63) is 53.4 Å². The molecule has 0 amide bonds. The summed E-state index contributed by atoms with van der Waals surface area (Å²) in [5, 5.41) is 3.00. The fraction of sp³-hybridized carbons (Fsp3) is 0.500. The molecule has 0 aliphatic carbocycles. The van der Waals surface area contributed by atoms with Gasteiger partial charge in [-0.2, -0.15) is 26.3 Å². The van der Waals surface area contributed by atoms with Gasteiger partial charge < -0.3 is 19.5 Å².